The van der Waals surface area contributed by atoms with Crippen molar-refractivity contribution in [1.29, 1.82) is 0 Å². The van der Waals surface area contributed by atoms with Crippen LogP contribution in [0.15, 0.2) is 60.0 Å². The highest BCUT2D eigenvalue weighted by Crippen LogP contribution is 2.34. The molecule has 0 saturated heterocycles. The maximum atomic E-state index is 13.6. The summed E-state index contributed by atoms with van der Waals surface area (Å²) < 4.78 is 6.11. The summed E-state index contributed by atoms with van der Waals surface area (Å²) in [4.78, 5) is 31.4. The topological polar surface area (TPSA) is 61.9 Å². The van der Waals surface area contributed by atoms with Crippen LogP contribution in [0.2, 0.25) is 0 Å². The van der Waals surface area contributed by atoms with Crippen LogP contribution in [0.3, 0.4) is 0 Å². The Morgan fingerprint density at radius 2 is 1.71 bits per heavy atom. The minimum atomic E-state index is -0.280. The largest absolute Gasteiger partial charge is 0.491 e. The molecule has 1 N–H and O–H groups in total. The molecule has 0 saturated carbocycles. The first-order valence-corrected chi connectivity index (χ1v) is 12.9. The van der Waals surface area contributed by atoms with Crippen LogP contribution >= 0.6 is 11.3 Å². The van der Waals surface area contributed by atoms with Crippen LogP contribution in [0.25, 0.3) is 0 Å². The van der Waals surface area contributed by atoms with E-state index in [0.29, 0.717) is 18.8 Å². The van der Waals surface area contributed by atoms with Crippen molar-refractivity contribution in [3.8, 4) is 5.75 Å². The number of ether oxygens (including phenoxy) is 1. The molecule has 0 radical (unpaired) electrons. The van der Waals surface area contributed by atoms with Gasteiger partial charge in [0, 0.05) is 23.2 Å². The molecule has 184 valence electrons. The highest BCUT2D eigenvalue weighted by molar-refractivity contribution is 7.10. The SMILES string of the molecule is Cc1ccc(NC(=O)N(CC(=O)N2CCc3sccc3[C@@H]2COc2ccc(C)cc2)C(C)C)cc1. The minimum absolute atomic E-state index is 0.00979. The summed E-state index contributed by atoms with van der Waals surface area (Å²) in [5, 5.41) is 5.00. The Hall–Kier alpha value is -3.32. The van der Waals surface area contributed by atoms with Crippen molar-refractivity contribution in [2.24, 2.45) is 0 Å². The molecule has 0 unspecified atom stereocenters. The number of aryl methyl sites for hydroxylation is 2. The number of hydrogen-bond acceptors (Lipinski definition) is 4. The summed E-state index contributed by atoms with van der Waals surface area (Å²) >= 11 is 1.72. The third kappa shape index (κ3) is 6.03. The average Bonchev–Trinajstić information content (AvgIpc) is 3.32. The van der Waals surface area contributed by atoms with Gasteiger partial charge in [-0.1, -0.05) is 35.4 Å². The van der Waals surface area contributed by atoms with Gasteiger partial charge in [0.2, 0.25) is 5.91 Å². The predicted octanol–water partition coefficient (Wildman–Crippen LogP) is 5.81. The molecule has 0 spiro atoms. The van der Waals surface area contributed by atoms with Gasteiger partial charge in [-0.25, -0.2) is 4.79 Å². The molecule has 1 atom stereocenters. The standard InChI is InChI=1S/C28H33N3O3S/c1-19(2)31(28(33)29-22-9-5-20(3)6-10-22)17-27(32)30-15-13-26-24(14-16-35-26)25(30)18-34-23-11-7-21(4)8-12-23/h5-12,14,16,19,25H,13,15,17-18H2,1-4H3,(H,29,33)/t25-/m0/s1. The van der Waals surface area contributed by atoms with Crippen molar-refractivity contribution < 1.29 is 14.3 Å². The Kier molecular flexibility index (Phi) is 7.76. The number of nitrogens with one attached hydrogen (secondary N) is 1. The normalized spacial score (nSPS) is 15.0. The van der Waals surface area contributed by atoms with Crippen LogP contribution in [0.1, 0.15) is 41.5 Å². The molecule has 2 aromatic carbocycles. The van der Waals surface area contributed by atoms with Gasteiger partial charge in [0.05, 0.1) is 6.04 Å². The molecule has 0 bridgehead atoms. The number of benzene rings is 2. The maximum absolute atomic E-state index is 13.6. The fourth-order valence-corrected chi connectivity index (χ4v) is 5.17. The number of carbonyl (C=O) groups excluding carboxylic acids is 2. The Morgan fingerprint density at radius 3 is 2.37 bits per heavy atom. The lowest BCUT2D eigenvalue weighted by atomic mass is 10.0. The van der Waals surface area contributed by atoms with E-state index >= 15 is 0 Å². The number of rotatable bonds is 7. The molecule has 0 fully saturated rings. The zero-order valence-corrected chi connectivity index (χ0v) is 21.6. The zero-order chi connectivity index (χ0) is 24.9. The summed E-state index contributed by atoms with van der Waals surface area (Å²) in [7, 11) is 0. The van der Waals surface area contributed by atoms with E-state index < -0.39 is 0 Å². The summed E-state index contributed by atoms with van der Waals surface area (Å²) in [6, 6.07) is 17.1. The van der Waals surface area contributed by atoms with Gasteiger partial charge in [-0.3, -0.25) is 4.79 Å². The number of thiophene rings is 1. The molecule has 6 nitrogen and oxygen atoms in total. The molecule has 1 aliphatic rings. The molecule has 3 aromatic rings. The number of amides is 3. The van der Waals surface area contributed by atoms with Crippen molar-refractivity contribution in [2.45, 2.75) is 46.2 Å². The molecule has 3 amide bonds. The second-order valence-electron chi connectivity index (χ2n) is 9.29. The first-order chi connectivity index (χ1) is 16.8. The maximum Gasteiger partial charge on any atom is 0.322 e. The Morgan fingerprint density at radius 1 is 1.06 bits per heavy atom. The predicted molar refractivity (Wildman–Crippen MR) is 141 cm³/mol. The van der Waals surface area contributed by atoms with E-state index in [1.807, 2.05) is 81.1 Å². The highest BCUT2D eigenvalue weighted by atomic mass is 32.1. The van der Waals surface area contributed by atoms with Crippen molar-refractivity contribution in [2.75, 3.05) is 25.0 Å². The zero-order valence-electron chi connectivity index (χ0n) is 20.8. The van der Waals surface area contributed by atoms with Gasteiger partial charge in [0.1, 0.15) is 18.9 Å². The monoisotopic (exact) mass is 491 g/mol. The minimum Gasteiger partial charge on any atom is -0.491 e. The van der Waals surface area contributed by atoms with E-state index in [1.54, 1.807) is 16.2 Å². The van der Waals surface area contributed by atoms with Crippen molar-refractivity contribution in [1.82, 2.24) is 9.80 Å². The number of fused-ring (bicyclic) bond motifs is 1. The summed E-state index contributed by atoms with van der Waals surface area (Å²) in [6.45, 7) is 8.88. The van der Waals surface area contributed by atoms with Gasteiger partial charge in [0.25, 0.3) is 0 Å². The van der Waals surface area contributed by atoms with Crippen molar-refractivity contribution in [3.05, 3.63) is 81.5 Å². The molecule has 1 aromatic heterocycles. The Labute approximate surface area is 211 Å². The van der Waals surface area contributed by atoms with E-state index in [1.165, 1.54) is 10.4 Å². The van der Waals surface area contributed by atoms with Crippen molar-refractivity contribution >= 4 is 29.0 Å². The van der Waals surface area contributed by atoms with Gasteiger partial charge in [-0.2, -0.15) is 0 Å². The molecule has 4 rings (SSSR count). The Bertz CT molecular complexity index is 1150. The second kappa shape index (κ2) is 11.0. The van der Waals surface area contributed by atoms with Crippen LogP contribution in [0.4, 0.5) is 10.5 Å². The highest BCUT2D eigenvalue weighted by Gasteiger charge is 2.34. The number of nitrogens with zero attached hydrogens (tertiary/aromatic N) is 2. The first kappa shape index (κ1) is 24.8. The summed E-state index contributed by atoms with van der Waals surface area (Å²) in [5.41, 5.74) is 4.14. The molecule has 35 heavy (non-hydrogen) atoms. The van der Waals surface area contributed by atoms with E-state index in [9.17, 15) is 9.59 Å². The van der Waals surface area contributed by atoms with Crippen LogP contribution in [-0.4, -0.2) is 47.5 Å². The van der Waals surface area contributed by atoms with Gasteiger partial charge in [-0.15, -0.1) is 11.3 Å². The summed E-state index contributed by atoms with van der Waals surface area (Å²) in [5.74, 6) is 0.707. The number of anilines is 1. The molecule has 7 heteroatoms. The second-order valence-corrected chi connectivity index (χ2v) is 10.3. The smallest absolute Gasteiger partial charge is 0.322 e. The van der Waals surface area contributed by atoms with Crippen LogP contribution in [0.5, 0.6) is 5.75 Å². The molecular formula is C28H33N3O3S. The van der Waals surface area contributed by atoms with Crippen LogP contribution in [0, 0.1) is 13.8 Å². The first-order valence-electron chi connectivity index (χ1n) is 12.0. The molecular weight excluding hydrogens is 458 g/mol. The van der Waals surface area contributed by atoms with Crippen LogP contribution in [-0.2, 0) is 11.2 Å². The van der Waals surface area contributed by atoms with E-state index in [0.717, 1.165) is 23.3 Å². The number of carbonyl (C=O) groups is 2. The number of hydrogen-bond donors (Lipinski definition) is 1. The third-order valence-corrected chi connectivity index (χ3v) is 7.33. The van der Waals surface area contributed by atoms with Crippen LogP contribution < -0.4 is 10.1 Å². The quantitative estimate of drug-likeness (QED) is 0.454. The van der Waals surface area contributed by atoms with Gasteiger partial charge in [0.15, 0.2) is 0 Å². The summed E-state index contributed by atoms with van der Waals surface area (Å²) in [6.07, 6.45) is 0.816. The third-order valence-electron chi connectivity index (χ3n) is 6.34. The molecule has 1 aliphatic heterocycles. The van der Waals surface area contributed by atoms with Crippen molar-refractivity contribution in [3.63, 3.8) is 0 Å². The van der Waals surface area contributed by atoms with E-state index in [4.69, 9.17) is 4.74 Å². The van der Waals surface area contributed by atoms with E-state index in [-0.39, 0.29) is 30.6 Å². The lowest BCUT2D eigenvalue weighted by Gasteiger charge is -2.37. The lowest BCUT2D eigenvalue weighted by Crippen LogP contribution is -2.50. The van der Waals surface area contributed by atoms with Gasteiger partial charge < -0.3 is 19.9 Å². The fourth-order valence-electron chi connectivity index (χ4n) is 4.24. The fraction of sp³-hybridized carbons (Fsp3) is 0.357. The molecule has 0 aliphatic carbocycles. The lowest BCUT2D eigenvalue weighted by molar-refractivity contribution is -0.135. The average molecular weight is 492 g/mol. The number of urea groups is 1. The Balaban J connectivity index is 1.48. The van der Waals surface area contributed by atoms with Gasteiger partial charge in [-0.05, 0) is 75.4 Å². The van der Waals surface area contributed by atoms with E-state index in [2.05, 4.69) is 16.8 Å². The van der Waals surface area contributed by atoms with Gasteiger partial charge >= 0.3 is 6.03 Å². The molecule has 2 heterocycles.